The number of hydrogen-bond donors (Lipinski definition) is 1. The van der Waals surface area contributed by atoms with Gasteiger partial charge in [-0.05, 0) is 19.1 Å². The number of carboxylic acid groups (broad SMARTS) is 1. The van der Waals surface area contributed by atoms with Gasteiger partial charge in [-0.3, -0.25) is 4.98 Å². The van der Waals surface area contributed by atoms with E-state index >= 15 is 0 Å². The fourth-order valence-corrected chi connectivity index (χ4v) is 1.44. The number of benzene rings is 1. The Labute approximate surface area is 121 Å². The normalized spacial score (nSPS) is 11.6. The van der Waals surface area contributed by atoms with Crippen molar-refractivity contribution in [2.75, 3.05) is 0 Å². The van der Waals surface area contributed by atoms with Crippen LogP contribution < -0.4 is 4.74 Å². The summed E-state index contributed by atoms with van der Waals surface area (Å²) in [5, 5.41) is 10.6. The number of aromatic nitrogens is 1. The van der Waals surface area contributed by atoms with Gasteiger partial charge < -0.3 is 9.84 Å². The van der Waals surface area contributed by atoms with E-state index in [4.69, 9.17) is 9.84 Å². The van der Waals surface area contributed by atoms with E-state index in [1.54, 1.807) is 24.5 Å². The van der Waals surface area contributed by atoms with Gasteiger partial charge in [-0.25, -0.2) is 4.79 Å². The van der Waals surface area contributed by atoms with Crippen LogP contribution in [0.4, 0.5) is 0 Å². The number of carbonyl (C=O) groups is 1. The van der Waals surface area contributed by atoms with E-state index in [1.165, 1.54) is 6.92 Å². The topological polar surface area (TPSA) is 59.4 Å². The number of aliphatic carboxylic acids is 1. The van der Waals surface area contributed by atoms with E-state index in [0.29, 0.717) is 5.75 Å². The summed E-state index contributed by atoms with van der Waals surface area (Å²) in [5.41, 5.74) is 0. The van der Waals surface area contributed by atoms with Crippen molar-refractivity contribution >= 4 is 46.3 Å². The molecule has 0 unspecified atom stereocenters. The van der Waals surface area contributed by atoms with Gasteiger partial charge in [0.1, 0.15) is 5.75 Å². The third-order valence-corrected chi connectivity index (χ3v) is 2.29. The Morgan fingerprint density at radius 2 is 2.18 bits per heavy atom. The first kappa shape index (κ1) is 14.0. The molecule has 0 saturated carbocycles. The number of pyridine rings is 1. The molecule has 83 valence electrons. The number of nitrogens with zero attached hydrogens (tertiary/aromatic N) is 1. The summed E-state index contributed by atoms with van der Waals surface area (Å²) in [7, 11) is 0. The molecule has 17 heavy (non-hydrogen) atoms. The fraction of sp³-hybridized carbons (Fsp3) is 0.167. The minimum absolute atomic E-state index is 0. The van der Waals surface area contributed by atoms with Gasteiger partial charge in [0.05, 0.1) is 0 Å². The van der Waals surface area contributed by atoms with E-state index in [-0.39, 0.29) is 29.6 Å². The Hall–Kier alpha value is -1.10. The minimum Gasteiger partial charge on any atom is -0.479 e. The van der Waals surface area contributed by atoms with E-state index in [9.17, 15) is 4.79 Å². The first-order chi connectivity index (χ1) is 7.68. The third-order valence-electron chi connectivity index (χ3n) is 2.29. The summed E-state index contributed by atoms with van der Waals surface area (Å²) >= 11 is 0. The Balaban J connectivity index is 0.00000144. The third kappa shape index (κ3) is 3.19. The molecule has 1 radical (unpaired) electrons. The van der Waals surface area contributed by atoms with Crippen molar-refractivity contribution < 1.29 is 14.6 Å². The number of carboxylic acids is 1. The molecule has 0 aliphatic carbocycles. The average molecular weight is 240 g/mol. The van der Waals surface area contributed by atoms with Gasteiger partial charge in [0, 0.05) is 52.7 Å². The monoisotopic (exact) mass is 240 g/mol. The standard InChI is InChI=1S/C12H11NO3.Na/c1-8(12(14)15)16-11-4-2-3-9-7-13-6-5-10(9)11;/h2-8H,1H3,(H,14,15);/t8-;/m0./s1. The second-order valence-corrected chi connectivity index (χ2v) is 3.45. The first-order valence-electron chi connectivity index (χ1n) is 4.90. The molecule has 1 aromatic heterocycles. The molecule has 1 aromatic carbocycles. The number of fused-ring (bicyclic) bond motifs is 1. The zero-order valence-electron chi connectivity index (χ0n) is 9.75. The predicted molar refractivity (Wildman–Crippen MR) is 65.2 cm³/mol. The van der Waals surface area contributed by atoms with Crippen LogP contribution in [0.1, 0.15) is 6.92 Å². The Morgan fingerprint density at radius 3 is 2.88 bits per heavy atom. The van der Waals surface area contributed by atoms with E-state index in [0.717, 1.165) is 10.8 Å². The molecule has 2 aromatic rings. The smallest absolute Gasteiger partial charge is 0.344 e. The molecule has 2 rings (SSSR count). The molecule has 1 N–H and O–H groups in total. The van der Waals surface area contributed by atoms with Crippen molar-refractivity contribution in [3.8, 4) is 5.75 Å². The SMILES string of the molecule is C[C@H](Oc1cccc2cnccc12)C(=O)O.[Na]. The van der Waals surface area contributed by atoms with Crippen LogP contribution in [0, 0.1) is 0 Å². The van der Waals surface area contributed by atoms with Gasteiger partial charge in [-0.1, -0.05) is 12.1 Å². The zero-order valence-corrected chi connectivity index (χ0v) is 11.8. The number of ether oxygens (including phenoxy) is 1. The summed E-state index contributed by atoms with van der Waals surface area (Å²) < 4.78 is 5.36. The summed E-state index contributed by atoms with van der Waals surface area (Å²) in [6.07, 6.45) is 2.51. The molecule has 4 nitrogen and oxygen atoms in total. The summed E-state index contributed by atoms with van der Waals surface area (Å²) in [6.45, 7) is 1.50. The maximum absolute atomic E-state index is 10.7. The largest absolute Gasteiger partial charge is 0.479 e. The molecule has 0 fully saturated rings. The molecule has 0 saturated heterocycles. The van der Waals surface area contributed by atoms with Gasteiger partial charge in [-0.15, -0.1) is 0 Å². The van der Waals surface area contributed by atoms with Crippen molar-refractivity contribution in [1.82, 2.24) is 4.98 Å². The fourth-order valence-electron chi connectivity index (χ4n) is 1.44. The molecule has 0 amide bonds. The van der Waals surface area contributed by atoms with Crippen molar-refractivity contribution in [3.63, 3.8) is 0 Å². The van der Waals surface area contributed by atoms with Gasteiger partial charge in [-0.2, -0.15) is 0 Å². The molecule has 0 spiro atoms. The van der Waals surface area contributed by atoms with Crippen molar-refractivity contribution in [2.24, 2.45) is 0 Å². The Kier molecular flexibility index (Phi) is 4.93. The van der Waals surface area contributed by atoms with Gasteiger partial charge >= 0.3 is 5.97 Å². The predicted octanol–water partition coefficient (Wildman–Crippen LogP) is 1.71. The maximum atomic E-state index is 10.7. The van der Waals surface area contributed by atoms with Crippen molar-refractivity contribution in [1.29, 1.82) is 0 Å². The second-order valence-electron chi connectivity index (χ2n) is 3.45. The van der Waals surface area contributed by atoms with Crippen LogP contribution in [0.25, 0.3) is 10.8 Å². The first-order valence-corrected chi connectivity index (χ1v) is 4.90. The summed E-state index contributed by atoms with van der Waals surface area (Å²) in [6, 6.07) is 7.27. The van der Waals surface area contributed by atoms with Crippen LogP contribution in [0.3, 0.4) is 0 Å². The van der Waals surface area contributed by atoms with E-state index < -0.39 is 12.1 Å². The molecule has 5 heteroatoms. The zero-order chi connectivity index (χ0) is 11.5. The Bertz CT molecular complexity index is 525. The molecular weight excluding hydrogens is 229 g/mol. The summed E-state index contributed by atoms with van der Waals surface area (Å²) in [4.78, 5) is 14.7. The summed E-state index contributed by atoms with van der Waals surface area (Å²) in [5.74, 6) is -0.416. The van der Waals surface area contributed by atoms with Crippen LogP contribution in [0.2, 0.25) is 0 Å². The van der Waals surface area contributed by atoms with E-state index in [2.05, 4.69) is 4.98 Å². The van der Waals surface area contributed by atoms with Crippen LogP contribution in [-0.4, -0.2) is 51.7 Å². The number of rotatable bonds is 3. The second kappa shape index (κ2) is 6.00. The minimum atomic E-state index is -0.981. The van der Waals surface area contributed by atoms with Gasteiger partial charge in [0.25, 0.3) is 0 Å². The van der Waals surface area contributed by atoms with E-state index in [1.807, 2.05) is 12.1 Å². The van der Waals surface area contributed by atoms with Crippen molar-refractivity contribution in [2.45, 2.75) is 13.0 Å². The van der Waals surface area contributed by atoms with Gasteiger partial charge in [0.2, 0.25) is 0 Å². The molecule has 0 aliphatic heterocycles. The molecule has 0 bridgehead atoms. The van der Waals surface area contributed by atoms with Crippen LogP contribution >= 0.6 is 0 Å². The van der Waals surface area contributed by atoms with Crippen molar-refractivity contribution in [3.05, 3.63) is 36.7 Å². The van der Waals surface area contributed by atoms with Gasteiger partial charge in [0.15, 0.2) is 6.10 Å². The molecular formula is C12H11NNaO3. The average Bonchev–Trinajstić information content (AvgIpc) is 2.29. The Morgan fingerprint density at radius 1 is 1.41 bits per heavy atom. The number of hydrogen-bond acceptors (Lipinski definition) is 3. The quantitative estimate of drug-likeness (QED) is 0.829. The molecule has 0 aliphatic rings. The van der Waals surface area contributed by atoms with Crippen LogP contribution in [-0.2, 0) is 4.79 Å². The van der Waals surface area contributed by atoms with Crippen LogP contribution in [0.15, 0.2) is 36.7 Å². The van der Waals surface area contributed by atoms with Crippen LogP contribution in [0.5, 0.6) is 5.75 Å². The molecule has 1 heterocycles. The molecule has 1 atom stereocenters. The maximum Gasteiger partial charge on any atom is 0.344 e.